The number of rotatable bonds is 4. The normalized spacial score (nSPS) is 11.1. The summed E-state index contributed by atoms with van der Waals surface area (Å²) in [6, 6.07) is 51.0. The topological polar surface area (TPSA) is 51.8 Å². The average molecular weight is 928 g/mol. The summed E-state index contributed by atoms with van der Waals surface area (Å²) < 4.78 is 6.59. The van der Waals surface area contributed by atoms with Crippen LogP contribution in [0.25, 0.3) is 88.5 Å². The minimum Gasteiger partial charge on any atom is -0.500 e. The summed E-state index contributed by atoms with van der Waals surface area (Å²) >= 11 is 0. The van der Waals surface area contributed by atoms with Crippen molar-refractivity contribution in [1.29, 1.82) is 0 Å². The van der Waals surface area contributed by atoms with Gasteiger partial charge in [0.1, 0.15) is 5.58 Å². The van der Waals surface area contributed by atoms with E-state index < -0.39 is 0 Å². The van der Waals surface area contributed by atoms with Gasteiger partial charge in [-0.05, 0) is 109 Å². The standard InChI is InChI=1S/C40H29N2O.C13H12N.Ir/c1-23-9-7-10-24(2)38(23)35-18-16-28-20-33(25(3)19-36(28)42-35)34-21-37(41-22-26(34)4)32-14-8-13-30-31-17-15-27-11-5-6-12-29(27)39(31)43-40(30)32;1-10-3-6-12(7-4-10)13-8-5-11(2)9-14-13;/h5-13,15-22H,1-4H3;3-6,8-9H,1-2H3;/q2*-1;. The number of furan rings is 1. The molecule has 0 amide bonds. The Labute approximate surface area is 353 Å². The van der Waals surface area contributed by atoms with E-state index >= 15 is 0 Å². The summed E-state index contributed by atoms with van der Waals surface area (Å²) in [6.45, 7) is 12.7. The monoisotopic (exact) mass is 928 g/mol. The van der Waals surface area contributed by atoms with Crippen LogP contribution in [0.3, 0.4) is 0 Å². The van der Waals surface area contributed by atoms with Crippen molar-refractivity contribution in [3.05, 3.63) is 185 Å². The van der Waals surface area contributed by atoms with Crippen molar-refractivity contribution >= 4 is 43.6 Å². The van der Waals surface area contributed by atoms with Gasteiger partial charge in [0.15, 0.2) is 0 Å². The molecule has 285 valence electrons. The molecule has 4 aromatic heterocycles. The summed E-state index contributed by atoms with van der Waals surface area (Å²) in [5.74, 6) is 0. The molecule has 10 aromatic rings. The molecule has 0 saturated carbocycles. The first-order chi connectivity index (χ1) is 27.7. The van der Waals surface area contributed by atoms with Crippen molar-refractivity contribution in [3.8, 4) is 44.9 Å². The van der Waals surface area contributed by atoms with Gasteiger partial charge in [-0.15, -0.1) is 53.6 Å². The first-order valence-corrected chi connectivity index (χ1v) is 19.3. The Morgan fingerprint density at radius 2 is 1.22 bits per heavy atom. The van der Waals surface area contributed by atoms with Crippen LogP contribution in [-0.4, -0.2) is 15.0 Å². The molecular formula is C53H41IrN3O-2. The second kappa shape index (κ2) is 15.9. The van der Waals surface area contributed by atoms with Gasteiger partial charge >= 0.3 is 0 Å². The fraction of sp³-hybridized carbons (Fsp3) is 0.113. The Morgan fingerprint density at radius 1 is 0.500 bits per heavy atom. The van der Waals surface area contributed by atoms with Crippen molar-refractivity contribution in [1.82, 2.24) is 15.0 Å². The third kappa shape index (κ3) is 7.24. The van der Waals surface area contributed by atoms with E-state index in [4.69, 9.17) is 14.4 Å². The number of hydrogen-bond acceptors (Lipinski definition) is 4. The van der Waals surface area contributed by atoms with E-state index in [2.05, 4.69) is 155 Å². The SMILES string of the molecule is Cc1c[c-]c(-c2ccc(C)cn2)cc1.Cc1cnc(-c2[c-]ccc3c2oc2c4ccccc4ccc32)cc1-c1cc2ccc(-c3c(C)cccc3C)nc2cc1C.[Ir]. The van der Waals surface area contributed by atoms with Crippen LogP contribution in [0, 0.1) is 53.7 Å². The molecule has 0 unspecified atom stereocenters. The summed E-state index contributed by atoms with van der Waals surface area (Å²) in [7, 11) is 0. The van der Waals surface area contributed by atoms with Crippen LogP contribution in [-0.2, 0) is 20.1 Å². The maximum absolute atomic E-state index is 6.59. The quantitative estimate of drug-likeness (QED) is 0.165. The minimum atomic E-state index is 0. The second-order valence-electron chi connectivity index (χ2n) is 15.1. The zero-order chi connectivity index (χ0) is 39.2. The van der Waals surface area contributed by atoms with Crippen LogP contribution in [0.1, 0.15) is 33.4 Å². The van der Waals surface area contributed by atoms with Crippen LogP contribution in [0.5, 0.6) is 0 Å². The van der Waals surface area contributed by atoms with Crippen LogP contribution in [0.4, 0.5) is 0 Å². The van der Waals surface area contributed by atoms with E-state index in [1.807, 2.05) is 43.6 Å². The predicted octanol–water partition coefficient (Wildman–Crippen LogP) is 13.9. The van der Waals surface area contributed by atoms with Crippen LogP contribution in [0.2, 0.25) is 0 Å². The fourth-order valence-electron chi connectivity index (χ4n) is 7.82. The number of fused-ring (bicyclic) bond motifs is 6. The van der Waals surface area contributed by atoms with Crippen LogP contribution in [0.15, 0.2) is 144 Å². The van der Waals surface area contributed by atoms with Crippen LogP contribution < -0.4 is 0 Å². The van der Waals surface area contributed by atoms with E-state index in [0.29, 0.717) is 0 Å². The Bertz CT molecular complexity index is 3060. The fourth-order valence-corrected chi connectivity index (χ4v) is 7.82. The Kier molecular flexibility index (Phi) is 10.6. The molecule has 0 fully saturated rings. The van der Waals surface area contributed by atoms with Crippen molar-refractivity contribution in [2.24, 2.45) is 0 Å². The van der Waals surface area contributed by atoms with Crippen molar-refractivity contribution in [2.45, 2.75) is 41.5 Å². The number of hydrogen-bond donors (Lipinski definition) is 0. The first-order valence-electron chi connectivity index (χ1n) is 19.3. The van der Waals surface area contributed by atoms with E-state index in [-0.39, 0.29) is 20.1 Å². The predicted molar refractivity (Wildman–Crippen MR) is 236 cm³/mol. The third-order valence-electron chi connectivity index (χ3n) is 10.9. The van der Waals surface area contributed by atoms with Gasteiger partial charge in [-0.3, -0.25) is 0 Å². The molecule has 0 N–H and O–H groups in total. The summed E-state index contributed by atoms with van der Waals surface area (Å²) in [6.07, 6.45) is 3.84. The second-order valence-corrected chi connectivity index (χ2v) is 15.1. The molecule has 1 radical (unpaired) electrons. The van der Waals surface area contributed by atoms with E-state index in [1.54, 1.807) is 0 Å². The molecule has 0 aliphatic carbocycles. The molecule has 4 heterocycles. The molecule has 58 heavy (non-hydrogen) atoms. The number of nitrogens with zero attached hydrogens (tertiary/aromatic N) is 3. The maximum Gasteiger partial charge on any atom is 0.128 e. The molecule has 0 bridgehead atoms. The number of aromatic nitrogens is 3. The smallest absolute Gasteiger partial charge is 0.128 e. The molecule has 10 rings (SSSR count). The first kappa shape index (κ1) is 38.6. The number of benzene rings is 6. The van der Waals surface area contributed by atoms with Gasteiger partial charge in [0.25, 0.3) is 0 Å². The molecule has 5 heteroatoms. The Morgan fingerprint density at radius 3 is 2.00 bits per heavy atom. The zero-order valence-electron chi connectivity index (χ0n) is 33.4. The average Bonchev–Trinajstić information content (AvgIpc) is 3.61. The molecule has 0 atom stereocenters. The molecular weight excluding hydrogens is 887 g/mol. The summed E-state index contributed by atoms with van der Waals surface area (Å²) in [5.41, 5.74) is 18.2. The van der Waals surface area contributed by atoms with Gasteiger partial charge in [0, 0.05) is 54.2 Å². The van der Waals surface area contributed by atoms with Crippen molar-refractivity contribution in [2.75, 3.05) is 0 Å². The number of aryl methyl sites for hydroxylation is 6. The van der Waals surface area contributed by atoms with E-state index in [0.717, 1.165) is 82.9 Å². The largest absolute Gasteiger partial charge is 0.500 e. The molecule has 0 aliphatic heterocycles. The van der Waals surface area contributed by atoms with Gasteiger partial charge in [-0.25, -0.2) is 4.98 Å². The van der Waals surface area contributed by atoms with Crippen molar-refractivity contribution in [3.63, 3.8) is 0 Å². The van der Waals surface area contributed by atoms with E-state index in [1.165, 1.54) is 38.9 Å². The minimum absolute atomic E-state index is 0. The van der Waals surface area contributed by atoms with Crippen molar-refractivity contribution < 1.29 is 24.5 Å². The maximum atomic E-state index is 6.59. The molecule has 0 saturated heterocycles. The van der Waals surface area contributed by atoms with Crippen LogP contribution >= 0.6 is 0 Å². The molecule has 0 spiro atoms. The van der Waals surface area contributed by atoms with Gasteiger partial charge < -0.3 is 14.4 Å². The van der Waals surface area contributed by atoms with E-state index in [9.17, 15) is 0 Å². The Hall–Kier alpha value is -6.26. The molecule has 0 aliphatic rings. The third-order valence-corrected chi connectivity index (χ3v) is 10.9. The molecule has 4 nitrogen and oxygen atoms in total. The van der Waals surface area contributed by atoms with Gasteiger partial charge in [-0.1, -0.05) is 96.7 Å². The number of pyridine rings is 3. The summed E-state index contributed by atoms with van der Waals surface area (Å²) in [5, 5.41) is 5.57. The van der Waals surface area contributed by atoms with Gasteiger partial charge in [0.05, 0.1) is 16.8 Å². The van der Waals surface area contributed by atoms with Gasteiger partial charge in [-0.2, -0.15) is 0 Å². The van der Waals surface area contributed by atoms with Gasteiger partial charge in [0.2, 0.25) is 0 Å². The zero-order valence-corrected chi connectivity index (χ0v) is 35.8. The Balaban J connectivity index is 0.000000265. The molecule has 6 aromatic carbocycles. The summed E-state index contributed by atoms with van der Waals surface area (Å²) in [4.78, 5) is 14.3.